The third kappa shape index (κ3) is 2.73. The molecule has 2 nitrogen and oxygen atoms in total. The largest absolute Gasteiger partial charge is 0.381 e. The van der Waals surface area contributed by atoms with Gasteiger partial charge in [0, 0.05) is 35.1 Å². The average Bonchev–Trinajstić information content (AvgIpc) is 2.58. The van der Waals surface area contributed by atoms with Crippen LogP contribution in [0.15, 0.2) is 28.7 Å². The summed E-state index contributed by atoms with van der Waals surface area (Å²) in [6, 6.07) is 8.08. The van der Waals surface area contributed by atoms with E-state index in [2.05, 4.69) is 52.8 Å². The van der Waals surface area contributed by atoms with Crippen molar-refractivity contribution in [3.63, 3.8) is 0 Å². The summed E-state index contributed by atoms with van der Waals surface area (Å²) in [4.78, 5) is 0. The van der Waals surface area contributed by atoms with Crippen LogP contribution < -0.4 is 5.32 Å². The molecular weight excluding hydrogens is 312 g/mol. The van der Waals surface area contributed by atoms with Gasteiger partial charge in [0.25, 0.3) is 0 Å². The highest BCUT2D eigenvalue weighted by Crippen LogP contribution is 2.26. The van der Waals surface area contributed by atoms with Crippen LogP contribution >= 0.6 is 27.5 Å². The van der Waals surface area contributed by atoms with E-state index in [-0.39, 0.29) is 0 Å². The van der Waals surface area contributed by atoms with Gasteiger partial charge in [-0.05, 0) is 59.6 Å². The molecule has 0 fully saturated rings. The molecule has 0 atom stereocenters. The van der Waals surface area contributed by atoms with E-state index in [9.17, 15) is 0 Å². The summed E-state index contributed by atoms with van der Waals surface area (Å²) in [6.45, 7) is 5.08. The van der Waals surface area contributed by atoms with Crippen LogP contribution in [-0.4, -0.2) is 4.57 Å². The van der Waals surface area contributed by atoms with Gasteiger partial charge in [-0.3, -0.25) is 0 Å². The van der Waals surface area contributed by atoms with Crippen molar-refractivity contribution in [3.05, 3.63) is 50.7 Å². The molecule has 1 N–H and O–H groups in total. The Bertz CT molecular complexity index is 575. The maximum absolute atomic E-state index is 5.97. The maximum atomic E-state index is 5.97. The van der Waals surface area contributed by atoms with Gasteiger partial charge >= 0.3 is 0 Å². The molecule has 0 aliphatic heterocycles. The predicted molar refractivity (Wildman–Crippen MR) is 81.4 cm³/mol. The normalized spacial score (nSPS) is 10.7. The summed E-state index contributed by atoms with van der Waals surface area (Å²) >= 11 is 9.40. The molecule has 0 spiro atoms. The molecule has 0 saturated carbocycles. The van der Waals surface area contributed by atoms with Crippen LogP contribution in [0.3, 0.4) is 0 Å². The fourth-order valence-corrected chi connectivity index (χ4v) is 2.41. The quantitative estimate of drug-likeness (QED) is 0.867. The van der Waals surface area contributed by atoms with Gasteiger partial charge in [0.15, 0.2) is 0 Å². The molecule has 0 bridgehead atoms. The fourth-order valence-electron chi connectivity index (χ4n) is 1.92. The van der Waals surface area contributed by atoms with Crippen molar-refractivity contribution in [2.75, 3.05) is 5.32 Å². The van der Waals surface area contributed by atoms with Crippen LogP contribution in [0, 0.1) is 13.8 Å². The third-order valence-electron chi connectivity index (χ3n) is 3.28. The van der Waals surface area contributed by atoms with E-state index in [0.29, 0.717) is 0 Å². The Morgan fingerprint density at radius 2 is 2.00 bits per heavy atom. The van der Waals surface area contributed by atoms with E-state index in [1.54, 1.807) is 0 Å². The van der Waals surface area contributed by atoms with E-state index >= 15 is 0 Å². The van der Waals surface area contributed by atoms with E-state index in [1.165, 1.54) is 17.0 Å². The van der Waals surface area contributed by atoms with Gasteiger partial charge in [0.05, 0.1) is 5.02 Å². The van der Waals surface area contributed by atoms with Crippen molar-refractivity contribution in [3.8, 4) is 0 Å². The van der Waals surface area contributed by atoms with Crippen molar-refractivity contribution < 1.29 is 0 Å². The van der Waals surface area contributed by atoms with Crippen molar-refractivity contribution in [2.45, 2.75) is 20.4 Å². The third-order valence-corrected chi connectivity index (χ3v) is 4.50. The minimum Gasteiger partial charge on any atom is -0.381 e. The monoisotopic (exact) mass is 326 g/mol. The highest BCUT2D eigenvalue weighted by Gasteiger charge is 2.06. The molecule has 96 valence electrons. The lowest BCUT2D eigenvalue weighted by molar-refractivity contribution is 0.837. The lowest BCUT2D eigenvalue weighted by Gasteiger charge is -2.08. The van der Waals surface area contributed by atoms with E-state index in [0.717, 1.165) is 21.7 Å². The molecule has 1 heterocycles. The molecule has 0 aliphatic rings. The van der Waals surface area contributed by atoms with Crippen LogP contribution in [0.1, 0.15) is 17.0 Å². The van der Waals surface area contributed by atoms with Gasteiger partial charge in [0.1, 0.15) is 0 Å². The number of anilines is 1. The first-order valence-electron chi connectivity index (χ1n) is 5.79. The first-order valence-corrected chi connectivity index (χ1v) is 6.97. The van der Waals surface area contributed by atoms with Gasteiger partial charge in [-0.15, -0.1) is 0 Å². The number of rotatable bonds is 3. The number of benzene rings is 1. The zero-order chi connectivity index (χ0) is 13.3. The molecule has 1 aromatic carbocycles. The average molecular weight is 328 g/mol. The Kier molecular flexibility index (Phi) is 4.03. The molecule has 0 radical (unpaired) electrons. The van der Waals surface area contributed by atoms with Gasteiger partial charge in [-0.2, -0.15) is 0 Å². The van der Waals surface area contributed by atoms with Crippen LogP contribution in [-0.2, 0) is 13.6 Å². The maximum Gasteiger partial charge on any atom is 0.0549 e. The van der Waals surface area contributed by atoms with Crippen LogP contribution in [0.5, 0.6) is 0 Å². The molecule has 0 unspecified atom stereocenters. The first kappa shape index (κ1) is 13.5. The highest BCUT2D eigenvalue weighted by atomic mass is 79.9. The second-order valence-electron chi connectivity index (χ2n) is 4.44. The number of aryl methyl sites for hydroxylation is 1. The van der Waals surface area contributed by atoms with Gasteiger partial charge in [-0.1, -0.05) is 11.6 Å². The van der Waals surface area contributed by atoms with E-state index in [4.69, 9.17) is 11.6 Å². The topological polar surface area (TPSA) is 17.0 Å². The van der Waals surface area contributed by atoms with Crippen molar-refractivity contribution in [1.29, 1.82) is 0 Å². The molecule has 4 heteroatoms. The van der Waals surface area contributed by atoms with Crippen molar-refractivity contribution in [2.24, 2.45) is 7.05 Å². The van der Waals surface area contributed by atoms with Gasteiger partial charge in [0.2, 0.25) is 0 Å². The zero-order valence-electron chi connectivity index (χ0n) is 10.7. The lowest BCUT2D eigenvalue weighted by Crippen LogP contribution is -2.01. The summed E-state index contributed by atoms with van der Waals surface area (Å²) in [6.07, 6.45) is 0. The highest BCUT2D eigenvalue weighted by molar-refractivity contribution is 9.10. The standard InChI is InChI=1S/C14H16BrClN2/c1-9-6-11(10(2)18(9)3)8-17-12-4-5-14(16)13(15)7-12/h4-7,17H,8H2,1-3H3. The molecule has 0 aliphatic carbocycles. The molecule has 0 saturated heterocycles. The summed E-state index contributed by atoms with van der Waals surface area (Å²) < 4.78 is 3.12. The second kappa shape index (κ2) is 5.37. The lowest BCUT2D eigenvalue weighted by atomic mass is 10.2. The minimum absolute atomic E-state index is 0.729. The van der Waals surface area contributed by atoms with Crippen molar-refractivity contribution >= 4 is 33.2 Å². The number of aromatic nitrogens is 1. The second-order valence-corrected chi connectivity index (χ2v) is 5.70. The zero-order valence-corrected chi connectivity index (χ0v) is 13.1. The molecule has 1 aromatic heterocycles. The van der Waals surface area contributed by atoms with Crippen LogP contribution in [0.25, 0.3) is 0 Å². The minimum atomic E-state index is 0.729. The Balaban J connectivity index is 2.11. The summed E-state index contributed by atoms with van der Waals surface area (Å²) in [5, 5.41) is 4.14. The van der Waals surface area contributed by atoms with Gasteiger partial charge in [-0.25, -0.2) is 0 Å². The van der Waals surface area contributed by atoms with Crippen LogP contribution in [0.2, 0.25) is 5.02 Å². The SMILES string of the molecule is Cc1cc(CNc2ccc(Cl)c(Br)c2)c(C)n1C. The first-order chi connectivity index (χ1) is 8.49. The Morgan fingerprint density at radius 3 is 2.56 bits per heavy atom. The number of nitrogens with zero attached hydrogens (tertiary/aromatic N) is 1. The van der Waals surface area contributed by atoms with Crippen molar-refractivity contribution in [1.82, 2.24) is 4.57 Å². The summed E-state index contributed by atoms with van der Waals surface area (Å²) in [5.74, 6) is 0. The molecular formula is C14H16BrClN2. The van der Waals surface area contributed by atoms with Crippen LogP contribution in [0.4, 0.5) is 5.69 Å². The molecule has 0 amide bonds. The summed E-state index contributed by atoms with van der Waals surface area (Å²) in [5.41, 5.74) is 4.96. The van der Waals surface area contributed by atoms with E-state index < -0.39 is 0 Å². The number of halogens is 2. The number of nitrogens with one attached hydrogen (secondary N) is 1. The smallest absolute Gasteiger partial charge is 0.0549 e. The summed E-state index contributed by atoms with van der Waals surface area (Å²) in [7, 11) is 2.09. The Labute approximate surface area is 121 Å². The Hall–Kier alpha value is -0.930. The number of hydrogen-bond acceptors (Lipinski definition) is 1. The van der Waals surface area contributed by atoms with Gasteiger partial charge < -0.3 is 9.88 Å². The number of hydrogen-bond donors (Lipinski definition) is 1. The Morgan fingerprint density at radius 1 is 1.28 bits per heavy atom. The predicted octanol–water partition coefficient (Wildman–Crippen LogP) is 4.67. The molecule has 2 rings (SSSR count). The van der Waals surface area contributed by atoms with E-state index in [1.807, 2.05) is 18.2 Å². The molecule has 18 heavy (non-hydrogen) atoms. The molecule has 2 aromatic rings. The fraction of sp³-hybridized carbons (Fsp3) is 0.286.